The molecule has 0 aromatic rings. The van der Waals surface area contributed by atoms with Crippen molar-refractivity contribution < 1.29 is 0 Å². The monoisotopic (exact) mass is 166 g/mol. The van der Waals surface area contributed by atoms with Crippen molar-refractivity contribution in [1.29, 1.82) is 0 Å². The van der Waals surface area contributed by atoms with E-state index < -0.39 is 0 Å². The van der Waals surface area contributed by atoms with Gasteiger partial charge < -0.3 is 0 Å². The van der Waals surface area contributed by atoms with Crippen molar-refractivity contribution in [3.8, 4) is 11.8 Å². The third kappa shape index (κ3) is 6.28. The van der Waals surface area contributed by atoms with Crippen LogP contribution in [-0.4, -0.2) is 0 Å². The Morgan fingerprint density at radius 1 is 1.00 bits per heavy atom. The Bertz CT molecular complexity index is 155. The molecule has 70 valence electrons. The molecule has 1 atom stereocenters. The highest BCUT2D eigenvalue weighted by molar-refractivity contribution is 5.01. The molecule has 0 aliphatic carbocycles. The van der Waals surface area contributed by atoms with Crippen molar-refractivity contribution >= 4 is 0 Å². The summed E-state index contributed by atoms with van der Waals surface area (Å²) in [4.78, 5) is 0. The van der Waals surface area contributed by atoms with Crippen LogP contribution in [0.5, 0.6) is 0 Å². The van der Waals surface area contributed by atoms with Crippen LogP contribution in [0.25, 0.3) is 0 Å². The Labute approximate surface area is 77.8 Å². The smallest absolute Gasteiger partial charge is 0.0146 e. The maximum Gasteiger partial charge on any atom is 0.0146 e. The minimum atomic E-state index is 0.527. The highest BCUT2D eigenvalue weighted by Crippen LogP contribution is 2.15. The first-order chi connectivity index (χ1) is 5.54. The van der Waals surface area contributed by atoms with Gasteiger partial charge in [0.05, 0.1) is 0 Å². The van der Waals surface area contributed by atoms with Crippen LogP contribution in [0.3, 0.4) is 0 Å². The molecule has 0 spiro atoms. The molecule has 0 fully saturated rings. The number of hydrogen-bond donors (Lipinski definition) is 0. The molecule has 12 heavy (non-hydrogen) atoms. The lowest BCUT2D eigenvalue weighted by Crippen LogP contribution is -2.02. The summed E-state index contributed by atoms with van der Waals surface area (Å²) in [5.74, 6) is 8.55. The molecular formula is C12H22. The van der Waals surface area contributed by atoms with Gasteiger partial charge in [-0.2, -0.15) is 0 Å². The van der Waals surface area contributed by atoms with Gasteiger partial charge in [0.1, 0.15) is 0 Å². The predicted molar refractivity (Wildman–Crippen MR) is 55.9 cm³/mol. The standard InChI is InChI=1S/C12H22/c1-10(2)8-6-7-9-12(5)11(3)4/h10-12H,7,9H2,1-5H3/t12-/m0/s1. The normalized spacial score (nSPS) is 12.9. The maximum atomic E-state index is 3.22. The first kappa shape index (κ1) is 11.6. The lowest BCUT2D eigenvalue weighted by molar-refractivity contribution is 0.397. The average molecular weight is 166 g/mol. The van der Waals surface area contributed by atoms with Crippen molar-refractivity contribution in [3.63, 3.8) is 0 Å². The van der Waals surface area contributed by atoms with Crippen LogP contribution in [-0.2, 0) is 0 Å². The van der Waals surface area contributed by atoms with E-state index in [0.29, 0.717) is 5.92 Å². The molecule has 0 heteroatoms. The van der Waals surface area contributed by atoms with Crippen LogP contribution in [0, 0.1) is 29.6 Å². The number of rotatable bonds is 3. The zero-order valence-electron chi connectivity index (χ0n) is 9.15. The molecule has 0 aliphatic heterocycles. The second kappa shape index (κ2) is 6.12. The van der Waals surface area contributed by atoms with Gasteiger partial charge in [-0.3, -0.25) is 0 Å². The quantitative estimate of drug-likeness (QED) is 0.561. The lowest BCUT2D eigenvalue weighted by atomic mass is 9.93. The second-order valence-corrected chi connectivity index (χ2v) is 4.24. The highest BCUT2D eigenvalue weighted by Gasteiger charge is 2.04. The zero-order chi connectivity index (χ0) is 9.56. The molecule has 0 amide bonds. The fraction of sp³-hybridized carbons (Fsp3) is 0.833. The molecule has 0 saturated carbocycles. The van der Waals surface area contributed by atoms with E-state index in [9.17, 15) is 0 Å². The molecule has 0 aromatic carbocycles. The van der Waals surface area contributed by atoms with E-state index >= 15 is 0 Å². The predicted octanol–water partition coefficient (Wildman–Crippen LogP) is 3.72. The van der Waals surface area contributed by atoms with Crippen LogP contribution in [0.15, 0.2) is 0 Å². The summed E-state index contributed by atoms with van der Waals surface area (Å²) in [7, 11) is 0. The van der Waals surface area contributed by atoms with Gasteiger partial charge in [0.2, 0.25) is 0 Å². The first-order valence-electron chi connectivity index (χ1n) is 5.02. The summed E-state index contributed by atoms with van der Waals surface area (Å²) in [6, 6.07) is 0. The minimum Gasteiger partial charge on any atom is -0.103 e. The molecule has 0 heterocycles. The summed E-state index contributed by atoms with van der Waals surface area (Å²) >= 11 is 0. The van der Waals surface area contributed by atoms with Gasteiger partial charge in [0, 0.05) is 12.3 Å². The van der Waals surface area contributed by atoms with Crippen LogP contribution >= 0.6 is 0 Å². The second-order valence-electron chi connectivity index (χ2n) is 4.24. The molecule has 0 saturated heterocycles. The Morgan fingerprint density at radius 2 is 1.58 bits per heavy atom. The topological polar surface area (TPSA) is 0 Å². The SMILES string of the molecule is CC(C)C#CCC[C@H](C)C(C)C. The van der Waals surface area contributed by atoms with E-state index in [0.717, 1.165) is 18.3 Å². The third-order valence-electron chi connectivity index (χ3n) is 2.25. The lowest BCUT2D eigenvalue weighted by Gasteiger charge is -2.12. The van der Waals surface area contributed by atoms with E-state index in [2.05, 4.69) is 46.5 Å². The fourth-order valence-corrected chi connectivity index (χ4v) is 0.909. The summed E-state index contributed by atoms with van der Waals surface area (Å²) in [5.41, 5.74) is 0. The van der Waals surface area contributed by atoms with Crippen LogP contribution < -0.4 is 0 Å². The molecule has 0 N–H and O–H groups in total. The number of hydrogen-bond acceptors (Lipinski definition) is 0. The van der Waals surface area contributed by atoms with Gasteiger partial charge >= 0.3 is 0 Å². The molecule has 0 aromatic heterocycles. The van der Waals surface area contributed by atoms with Crippen LogP contribution in [0.4, 0.5) is 0 Å². The Morgan fingerprint density at radius 3 is 2.00 bits per heavy atom. The van der Waals surface area contributed by atoms with Gasteiger partial charge in [0.25, 0.3) is 0 Å². The van der Waals surface area contributed by atoms with E-state index in [4.69, 9.17) is 0 Å². The molecule has 0 aliphatic rings. The largest absolute Gasteiger partial charge is 0.103 e. The summed E-state index contributed by atoms with van der Waals surface area (Å²) in [6.07, 6.45) is 2.31. The highest BCUT2D eigenvalue weighted by atomic mass is 14.1. The molecule has 0 radical (unpaired) electrons. The summed E-state index contributed by atoms with van der Waals surface area (Å²) in [6.45, 7) is 11.1. The minimum absolute atomic E-state index is 0.527. The van der Waals surface area contributed by atoms with E-state index in [1.54, 1.807) is 0 Å². The van der Waals surface area contributed by atoms with Crippen molar-refractivity contribution in [1.82, 2.24) is 0 Å². The summed E-state index contributed by atoms with van der Waals surface area (Å²) < 4.78 is 0. The zero-order valence-corrected chi connectivity index (χ0v) is 9.15. The van der Waals surface area contributed by atoms with Gasteiger partial charge in [-0.15, -0.1) is 11.8 Å². The van der Waals surface area contributed by atoms with Crippen LogP contribution in [0.2, 0.25) is 0 Å². The Hall–Kier alpha value is -0.440. The third-order valence-corrected chi connectivity index (χ3v) is 2.25. The van der Waals surface area contributed by atoms with Crippen LogP contribution in [0.1, 0.15) is 47.5 Å². The van der Waals surface area contributed by atoms with Crippen molar-refractivity contribution in [3.05, 3.63) is 0 Å². The van der Waals surface area contributed by atoms with E-state index in [1.165, 1.54) is 6.42 Å². The fourth-order valence-electron chi connectivity index (χ4n) is 0.909. The van der Waals surface area contributed by atoms with E-state index in [1.807, 2.05) is 0 Å². The van der Waals surface area contributed by atoms with Crippen molar-refractivity contribution in [2.24, 2.45) is 17.8 Å². The molecule has 0 bridgehead atoms. The molecule has 0 unspecified atom stereocenters. The molecule has 0 nitrogen and oxygen atoms in total. The molecule has 0 rings (SSSR count). The Balaban J connectivity index is 3.51. The van der Waals surface area contributed by atoms with Crippen molar-refractivity contribution in [2.45, 2.75) is 47.5 Å². The first-order valence-corrected chi connectivity index (χ1v) is 5.02. The van der Waals surface area contributed by atoms with Gasteiger partial charge in [-0.05, 0) is 18.3 Å². The van der Waals surface area contributed by atoms with Gasteiger partial charge in [-0.25, -0.2) is 0 Å². The maximum absolute atomic E-state index is 3.22. The molecular weight excluding hydrogens is 144 g/mol. The summed E-state index contributed by atoms with van der Waals surface area (Å²) in [5, 5.41) is 0. The average Bonchev–Trinajstić information content (AvgIpc) is 1.97. The Kier molecular flexibility index (Phi) is 5.89. The van der Waals surface area contributed by atoms with Gasteiger partial charge in [-0.1, -0.05) is 34.6 Å². The van der Waals surface area contributed by atoms with Gasteiger partial charge in [0.15, 0.2) is 0 Å². The van der Waals surface area contributed by atoms with Crippen molar-refractivity contribution in [2.75, 3.05) is 0 Å². The van der Waals surface area contributed by atoms with E-state index in [-0.39, 0.29) is 0 Å².